The minimum absolute atomic E-state index is 0.0874. The second kappa shape index (κ2) is 7.16. The van der Waals surface area contributed by atoms with Crippen LogP contribution in [0, 0.1) is 0 Å². The molecule has 126 valence electrons. The first-order chi connectivity index (χ1) is 11.3. The Hall–Kier alpha value is -2.83. The summed E-state index contributed by atoms with van der Waals surface area (Å²) in [6.45, 7) is 1.41. The Morgan fingerprint density at radius 1 is 1.17 bits per heavy atom. The molecule has 0 aromatic heterocycles. The van der Waals surface area contributed by atoms with Crippen LogP contribution in [-0.4, -0.2) is 16.8 Å². The van der Waals surface area contributed by atoms with Gasteiger partial charge in [0.05, 0.1) is 16.8 Å². The van der Waals surface area contributed by atoms with Crippen molar-refractivity contribution in [3.05, 3.63) is 70.8 Å². The number of carbonyl (C=O) groups is 1. The molecule has 0 saturated heterocycles. The molecule has 0 fully saturated rings. The van der Waals surface area contributed by atoms with Crippen LogP contribution < -0.4 is 0 Å². The quantitative estimate of drug-likeness (QED) is 0.652. The maximum absolute atomic E-state index is 12.7. The Morgan fingerprint density at radius 2 is 1.88 bits per heavy atom. The maximum Gasteiger partial charge on any atom is 0.416 e. The molecule has 0 aliphatic carbocycles. The third kappa shape index (κ3) is 4.34. The zero-order chi connectivity index (χ0) is 17.7. The fourth-order valence-corrected chi connectivity index (χ4v) is 2.03. The van der Waals surface area contributed by atoms with Crippen molar-refractivity contribution in [1.82, 2.24) is 0 Å². The molecule has 24 heavy (non-hydrogen) atoms. The molecule has 0 unspecified atom stereocenters. The Bertz CT molecular complexity index is 770. The number of carboxylic acid groups (broad SMARTS) is 1. The first kappa shape index (κ1) is 17.5. The lowest BCUT2D eigenvalue weighted by Crippen LogP contribution is -2.07. The normalized spacial score (nSPS) is 12.1. The molecule has 0 atom stereocenters. The lowest BCUT2D eigenvalue weighted by Gasteiger charge is -2.09. The predicted octanol–water partition coefficient (Wildman–Crippen LogP) is 4.34. The molecule has 4 nitrogen and oxygen atoms in total. The third-order valence-electron chi connectivity index (χ3n) is 3.28. The monoisotopic (exact) mass is 337 g/mol. The van der Waals surface area contributed by atoms with E-state index in [1.807, 2.05) is 0 Å². The summed E-state index contributed by atoms with van der Waals surface area (Å²) < 4.78 is 38.1. The van der Waals surface area contributed by atoms with E-state index in [0.717, 1.165) is 12.1 Å². The number of nitrogens with zero attached hydrogens (tertiary/aromatic N) is 1. The average molecular weight is 337 g/mol. The van der Waals surface area contributed by atoms with E-state index in [-0.39, 0.29) is 23.4 Å². The standard InChI is InChI=1S/C17H14F3NO3/c1-11(12-6-4-7-14(9-12)17(18,19)20)21-24-10-13-5-2-3-8-15(13)16(22)23/h2-9H,10H2,1H3,(H,22,23)/b21-11+. The van der Waals surface area contributed by atoms with Gasteiger partial charge in [0.2, 0.25) is 0 Å². The number of alkyl halides is 3. The van der Waals surface area contributed by atoms with Gasteiger partial charge < -0.3 is 9.94 Å². The van der Waals surface area contributed by atoms with Crippen LogP contribution in [0.25, 0.3) is 0 Å². The SMILES string of the molecule is C/C(=N\OCc1ccccc1C(=O)O)c1cccc(C(F)(F)F)c1. The second-order valence-corrected chi connectivity index (χ2v) is 4.99. The summed E-state index contributed by atoms with van der Waals surface area (Å²) in [6, 6.07) is 11.0. The summed E-state index contributed by atoms with van der Waals surface area (Å²) in [7, 11) is 0. The molecule has 0 aliphatic heterocycles. The van der Waals surface area contributed by atoms with E-state index >= 15 is 0 Å². The van der Waals surface area contributed by atoms with E-state index in [2.05, 4.69) is 5.16 Å². The van der Waals surface area contributed by atoms with Gasteiger partial charge in [0, 0.05) is 5.56 Å². The Balaban J connectivity index is 2.12. The highest BCUT2D eigenvalue weighted by Gasteiger charge is 2.30. The van der Waals surface area contributed by atoms with Crippen LogP contribution in [0.2, 0.25) is 0 Å². The van der Waals surface area contributed by atoms with Crippen LogP contribution in [0.1, 0.15) is 34.0 Å². The van der Waals surface area contributed by atoms with Gasteiger partial charge in [-0.1, -0.05) is 35.5 Å². The summed E-state index contributed by atoms with van der Waals surface area (Å²) >= 11 is 0. The fourth-order valence-electron chi connectivity index (χ4n) is 2.03. The lowest BCUT2D eigenvalue weighted by molar-refractivity contribution is -0.137. The molecule has 2 aromatic carbocycles. The summed E-state index contributed by atoms with van der Waals surface area (Å²) in [5.41, 5.74) is 0.269. The molecule has 0 spiro atoms. The fraction of sp³-hybridized carbons (Fsp3) is 0.176. The number of halogens is 3. The van der Waals surface area contributed by atoms with Crippen LogP contribution in [0.5, 0.6) is 0 Å². The van der Waals surface area contributed by atoms with Crippen LogP contribution in [-0.2, 0) is 17.6 Å². The van der Waals surface area contributed by atoms with Gasteiger partial charge in [-0.2, -0.15) is 13.2 Å². The van der Waals surface area contributed by atoms with E-state index in [0.29, 0.717) is 5.56 Å². The Kier molecular flexibility index (Phi) is 5.23. The number of carboxylic acids is 1. The summed E-state index contributed by atoms with van der Waals surface area (Å²) in [6.07, 6.45) is -4.43. The van der Waals surface area contributed by atoms with Gasteiger partial charge in [-0.05, 0) is 30.7 Å². The third-order valence-corrected chi connectivity index (χ3v) is 3.28. The molecule has 7 heteroatoms. The second-order valence-electron chi connectivity index (χ2n) is 4.99. The van der Waals surface area contributed by atoms with Gasteiger partial charge in [0.15, 0.2) is 0 Å². The van der Waals surface area contributed by atoms with Gasteiger partial charge in [-0.25, -0.2) is 4.79 Å². The number of oxime groups is 1. The minimum Gasteiger partial charge on any atom is -0.478 e. The van der Waals surface area contributed by atoms with Crippen molar-refractivity contribution in [2.45, 2.75) is 19.7 Å². The zero-order valence-electron chi connectivity index (χ0n) is 12.7. The summed E-state index contributed by atoms with van der Waals surface area (Å²) in [5, 5.41) is 12.8. The topological polar surface area (TPSA) is 58.9 Å². The number of hydrogen-bond donors (Lipinski definition) is 1. The van der Waals surface area contributed by atoms with Crippen LogP contribution >= 0.6 is 0 Å². The van der Waals surface area contributed by atoms with Crippen molar-refractivity contribution >= 4 is 11.7 Å². The first-order valence-corrected chi connectivity index (χ1v) is 6.94. The predicted molar refractivity (Wildman–Crippen MR) is 81.8 cm³/mol. The highest BCUT2D eigenvalue weighted by molar-refractivity contribution is 5.98. The lowest BCUT2D eigenvalue weighted by atomic mass is 10.1. The summed E-state index contributed by atoms with van der Waals surface area (Å²) in [4.78, 5) is 16.2. The highest BCUT2D eigenvalue weighted by Crippen LogP contribution is 2.29. The molecule has 0 saturated carbocycles. The van der Waals surface area contributed by atoms with Crippen LogP contribution in [0.3, 0.4) is 0 Å². The highest BCUT2D eigenvalue weighted by atomic mass is 19.4. The van der Waals surface area contributed by atoms with Crippen molar-refractivity contribution in [3.8, 4) is 0 Å². The molecule has 1 N–H and O–H groups in total. The molecule has 0 amide bonds. The van der Waals surface area contributed by atoms with Crippen molar-refractivity contribution in [3.63, 3.8) is 0 Å². The minimum atomic E-state index is -4.43. The van der Waals surface area contributed by atoms with Crippen molar-refractivity contribution < 1.29 is 27.9 Å². The molecule has 2 aromatic rings. The molecule has 0 radical (unpaired) electrons. The molecule has 2 rings (SSSR count). The van der Waals surface area contributed by atoms with Gasteiger partial charge in [-0.3, -0.25) is 0 Å². The Morgan fingerprint density at radius 3 is 2.54 bits per heavy atom. The number of benzene rings is 2. The molecule has 0 heterocycles. The Labute approximate surface area is 136 Å². The van der Waals surface area contributed by atoms with Gasteiger partial charge in [-0.15, -0.1) is 0 Å². The summed E-state index contributed by atoms with van der Waals surface area (Å²) in [5.74, 6) is -1.09. The van der Waals surface area contributed by atoms with Gasteiger partial charge in [0.25, 0.3) is 0 Å². The van der Waals surface area contributed by atoms with E-state index in [4.69, 9.17) is 9.94 Å². The van der Waals surface area contributed by atoms with Crippen LogP contribution in [0.4, 0.5) is 13.2 Å². The van der Waals surface area contributed by atoms with Crippen molar-refractivity contribution in [1.29, 1.82) is 0 Å². The van der Waals surface area contributed by atoms with Gasteiger partial charge >= 0.3 is 12.1 Å². The molecule has 0 aliphatic rings. The number of hydrogen-bond acceptors (Lipinski definition) is 3. The van der Waals surface area contributed by atoms with E-state index < -0.39 is 17.7 Å². The smallest absolute Gasteiger partial charge is 0.416 e. The van der Waals surface area contributed by atoms with Crippen LogP contribution in [0.15, 0.2) is 53.7 Å². The van der Waals surface area contributed by atoms with Gasteiger partial charge in [0.1, 0.15) is 6.61 Å². The largest absolute Gasteiger partial charge is 0.478 e. The van der Waals surface area contributed by atoms with E-state index in [9.17, 15) is 18.0 Å². The molecular formula is C17H14F3NO3. The van der Waals surface area contributed by atoms with E-state index in [1.165, 1.54) is 25.1 Å². The van der Waals surface area contributed by atoms with Crippen molar-refractivity contribution in [2.75, 3.05) is 0 Å². The van der Waals surface area contributed by atoms with E-state index in [1.54, 1.807) is 18.2 Å². The first-order valence-electron chi connectivity index (χ1n) is 6.94. The number of aromatic carboxylic acids is 1. The van der Waals surface area contributed by atoms with Crippen molar-refractivity contribution in [2.24, 2.45) is 5.16 Å². The zero-order valence-corrected chi connectivity index (χ0v) is 12.7. The molecule has 0 bridgehead atoms. The molecular weight excluding hydrogens is 323 g/mol. The number of rotatable bonds is 5. The maximum atomic E-state index is 12.7. The average Bonchev–Trinajstić information content (AvgIpc) is 2.54.